The van der Waals surface area contributed by atoms with Crippen molar-refractivity contribution in [3.8, 4) is 11.1 Å². The fourth-order valence-electron chi connectivity index (χ4n) is 8.02. The topological polar surface area (TPSA) is 121 Å². The molecule has 2 fully saturated rings. The van der Waals surface area contributed by atoms with E-state index < -0.39 is 0 Å². The van der Waals surface area contributed by atoms with Crippen LogP contribution in [0.3, 0.4) is 0 Å². The van der Waals surface area contributed by atoms with Gasteiger partial charge in [-0.15, -0.1) is 0 Å². The van der Waals surface area contributed by atoms with Gasteiger partial charge in [0.05, 0.1) is 43.3 Å². The molecule has 4 aliphatic heterocycles. The standard InChI is InChI=1S/C37H44N8O4/c1-3-25-20-42(28-22-49-23-28)14-15-43(25)27-7-8-34(39-18-27)40-32-16-24(19-41(2)37(32)48)29-9-11-38-35(31(29)21-46)45-13-10-33-30(36(45)47)17-26-6-4-5-12-44(26)33/h7-9,11,16-19,25,28,46H,3-6,10,12-15,20-23H2,1-2H3,(H,39,40). The zero-order valence-corrected chi connectivity index (χ0v) is 28.3. The SMILES string of the molecule is CCC1CN(C2COC2)CCN1c1ccc(Nc2cc(-c3ccnc(N4CCc5c(cc6n5CCCC6)C4=O)c3CO)cn(C)c2=O)nc1. The van der Waals surface area contributed by atoms with Crippen molar-refractivity contribution in [2.24, 2.45) is 7.05 Å². The van der Waals surface area contributed by atoms with Gasteiger partial charge < -0.3 is 29.2 Å². The van der Waals surface area contributed by atoms with Gasteiger partial charge in [0.1, 0.15) is 17.3 Å². The van der Waals surface area contributed by atoms with Crippen LogP contribution in [0.25, 0.3) is 11.1 Å². The molecule has 8 heterocycles. The number of ether oxygens (including phenoxy) is 1. The number of aryl methyl sites for hydroxylation is 2. The Morgan fingerprint density at radius 3 is 2.63 bits per heavy atom. The second-order valence-electron chi connectivity index (χ2n) is 13.7. The first kappa shape index (κ1) is 31.7. The summed E-state index contributed by atoms with van der Waals surface area (Å²) in [5.74, 6) is 0.937. The Balaban J connectivity index is 1.04. The van der Waals surface area contributed by atoms with Crippen LogP contribution >= 0.6 is 0 Å². The summed E-state index contributed by atoms with van der Waals surface area (Å²) in [5, 5.41) is 13.9. The quantitative estimate of drug-likeness (QED) is 0.291. The van der Waals surface area contributed by atoms with Crippen LogP contribution in [0.5, 0.6) is 0 Å². The molecule has 4 aromatic rings. The average molecular weight is 665 g/mol. The predicted molar refractivity (Wildman–Crippen MR) is 189 cm³/mol. The van der Waals surface area contributed by atoms with Gasteiger partial charge in [-0.1, -0.05) is 6.92 Å². The lowest BCUT2D eigenvalue weighted by atomic mass is 10.0. The second kappa shape index (κ2) is 13.1. The smallest absolute Gasteiger partial charge is 0.274 e. The first-order valence-corrected chi connectivity index (χ1v) is 17.6. The van der Waals surface area contributed by atoms with E-state index in [0.717, 1.165) is 94.0 Å². The Morgan fingerprint density at radius 2 is 1.88 bits per heavy atom. The molecule has 4 aliphatic rings. The van der Waals surface area contributed by atoms with E-state index >= 15 is 0 Å². The zero-order chi connectivity index (χ0) is 33.6. The number of aliphatic hydroxyl groups excluding tert-OH is 1. The minimum Gasteiger partial charge on any atom is -0.392 e. The lowest BCUT2D eigenvalue weighted by Crippen LogP contribution is -2.60. The molecule has 0 saturated carbocycles. The lowest BCUT2D eigenvalue weighted by Gasteiger charge is -2.47. The summed E-state index contributed by atoms with van der Waals surface area (Å²) in [6.07, 6.45) is 10.3. The van der Waals surface area contributed by atoms with Gasteiger partial charge in [-0.25, -0.2) is 9.97 Å². The molecule has 1 amide bonds. The molecule has 12 nitrogen and oxygen atoms in total. The normalized spacial score (nSPS) is 19.8. The van der Waals surface area contributed by atoms with Crippen molar-refractivity contribution in [3.05, 3.63) is 81.8 Å². The van der Waals surface area contributed by atoms with Gasteiger partial charge in [0.25, 0.3) is 11.5 Å². The maximum absolute atomic E-state index is 13.8. The van der Waals surface area contributed by atoms with Gasteiger partial charge in [0, 0.05) is 87.1 Å². The average Bonchev–Trinajstić information content (AvgIpc) is 3.49. The van der Waals surface area contributed by atoms with Crippen LogP contribution in [-0.4, -0.2) is 86.5 Å². The Labute approximate surface area is 285 Å². The minimum absolute atomic E-state index is 0.0834. The van der Waals surface area contributed by atoms with E-state index in [1.807, 2.05) is 24.4 Å². The van der Waals surface area contributed by atoms with E-state index in [9.17, 15) is 14.7 Å². The largest absolute Gasteiger partial charge is 0.392 e. The molecule has 0 spiro atoms. The number of carbonyl (C=O) groups excluding carboxylic acids is 1. The number of hydrogen-bond donors (Lipinski definition) is 2. The maximum atomic E-state index is 13.8. The van der Waals surface area contributed by atoms with Gasteiger partial charge in [-0.05, 0) is 61.6 Å². The van der Waals surface area contributed by atoms with Crippen LogP contribution in [-0.2, 0) is 37.8 Å². The van der Waals surface area contributed by atoms with Crippen molar-refractivity contribution >= 4 is 28.9 Å². The molecule has 49 heavy (non-hydrogen) atoms. The number of nitrogens with zero attached hydrogens (tertiary/aromatic N) is 7. The zero-order valence-electron chi connectivity index (χ0n) is 28.3. The number of amides is 1. The number of hydrogen-bond acceptors (Lipinski definition) is 9. The lowest BCUT2D eigenvalue weighted by molar-refractivity contribution is -0.0698. The number of fused-ring (bicyclic) bond motifs is 3. The molecule has 256 valence electrons. The van der Waals surface area contributed by atoms with Crippen molar-refractivity contribution in [1.29, 1.82) is 0 Å². The Bertz CT molecular complexity index is 1930. The van der Waals surface area contributed by atoms with Crippen LogP contribution in [0.2, 0.25) is 0 Å². The Kier molecular flexibility index (Phi) is 8.46. The van der Waals surface area contributed by atoms with Gasteiger partial charge in [-0.3, -0.25) is 19.4 Å². The predicted octanol–water partition coefficient (Wildman–Crippen LogP) is 3.72. The summed E-state index contributed by atoms with van der Waals surface area (Å²) in [5.41, 5.74) is 6.29. The number of aromatic nitrogens is 4. The molecule has 8 rings (SSSR count). The molecule has 0 bridgehead atoms. The summed E-state index contributed by atoms with van der Waals surface area (Å²) >= 11 is 0. The van der Waals surface area contributed by atoms with E-state index in [-0.39, 0.29) is 18.1 Å². The monoisotopic (exact) mass is 664 g/mol. The molecule has 2 saturated heterocycles. The highest BCUT2D eigenvalue weighted by Gasteiger charge is 2.34. The van der Waals surface area contributed by atoms with Crippen molar-refractivity contribution < 1.29 is 14.6 Å². The van der Waals surface area contributed by atoms with Gasteiger partial charge in [0.15, 0.2) is 0 Å². The second-order valence-corrected chi connectivity index (χ2v) is 13.7. The van der Waals surface area contributed by atoms with E-state index in [2.05, 4.69) is 37.7 Å². The van der Waals surface area contributed by atoms with Crippen molar-refractivity contribution in [2.45, 2.75) is 64.3 Å². The highest BCUT2D eigenvalue weighted by molar-refractivity contribution is 6.08. The summed E-state index contributed by atoms with van der Waals surface area (Å²) in [6.45, 7) is 7.99. The van der Waals surface area contributed by atoms with Crippen LogP contribution in [0.1, 0.15) is 53.5 Å². The van der Waals surface area contributed by atoms with Crippen LogP contribution in [0.15, 0.2) is 53.7 Å². The minimum atomic E-state index is -0.308. The van der Waals surface area contributed by atoms with Crippen molar-refractivity contribution in [1.82, 2.24) is 24.0 Å². The molecular formula is C37H44N8O4. The first-order chi connectivity index (χ1) is 23.9. The number of carbonyl (C=O) groups is 1. The number of nitrogens with one attached hydrogen (secondary N) is 1. The number of piperazine rings is 1. The number of anilines is 4. The van der Waals surface area contributed by atoms with Gasteiger partial charge >= 0.3 is 0 Å². The number of aliphatic hydroxyl groups is 1. The van der Waals surface area contributed by atoms with Crippen LogP contribution < -0.4 is 20.7 Å². The first-order valence-electron chi connectivity index (χ1n) is 17.6. The van der Waals surface area contributed by atoms with Crippen LogP contribution in [0, 0.1) is 0 Å². The van der Waals surface area contributed by atoms with E-state index in [1.165, 1.54) is 10.3 Å². The van der Waals surface area contributed by atoms with Gasteiger partial charge in [-0.2, -0.15) is 0 Å². The van der Waals surface area contributed by atoms with E-state index in [4.69, 9.17) is 9.72 Å². The van der Waals surface area contributed by atoms with Crippen molar-refractivity contribution in [2.75, 3.05) is 54.5 Å². The molecule has 0 aliphatic carbocycles. The highest BCUT2D eigenvalue weighted by Crippen LogP contribution is 2.35. The van der Waals surface area contributed by atoms with E-state index in [0.29, 0.717) is 47.1 Å². The molecule has 1 unspecified atom stereocenters. The van der Waals surface area contributed by atoms with Gasteiger partial charge in [0.2, 0.25) is 0 Å². The summed E-state index contributed by atoms with van der Waals surface area (Å²) in [4.78, 5) is 43.1. The molecule has 4 aromatic heterocycles. The Hall–Kier alpha value is -4.52. The number of pyridine rings is 3. The van der Waals surface area contributed by atoms with E-state index in [1.54, 1.807) is 30.4 Å². The summed E-state index contributed by atoms with van der Waals surface area (Å²) < 4.78 is 9.27. The third kappa shape index (κ3) is 5.71. The van der Waals surface area contributed by atoms with Crippen LogP contribution in [0.4, 0.5) is 23.0 Å². The molecule has 1 atom stereocenters. The summed E-state index contributed by atoms with van der Waals surface area (Å²) in [7, 11) is 1.71. The van der Waals surface area contributed by atoms with Crippen molar-refractivity contribution in [3.63, 3.8) is 0 Å². The third-order valence-electron chi connectivity index (χ3n) is 10.8. The maximum Gasteiger partial charge on any atom is 0.274 e. The molecule has 2 N–H and O–H groups in total. The molecular weight excluding hydrogens is 620 g/mol. The summed E-state index contributed by atoms with van der Waals surface area (Å²) in [6, 6.07) is 10.6. The fourth-order valence-corrected chi connectivity index (χ4v) is 8.02. The third-order valence-corrected chi connectivity index (χ3v) is 10.8. The highest BCUT2D eigenvalue weighted by atomic mass is 16.5. The molecule has 12 heteroatoms. The number of rotatable bonds is 8. The fraction of sp³-hybridized carbons (Fsp3) is 0.459. The molecule has 0 aromatic carbocycles. The Morgan fingerprint density at radius 1 is 1.00 bits per heavy atom. The molecule has 0 radical (unpaired) electrons.